The summed E-state index contributed by atoms with van der Waals surface area (Å²) in [6.07, 6.45) is 13.3. The molecule has 1 atom stereocenters. The first-order valence-electron chi connectivity index (χ1n) is 14.1. The molecule has 1 heterocycles. The Bertz CT molecular complexity index is 828. The maximum absolute atomic E-state index is 13.7. The second kappa shape index (κ2) is 16.7. The summed E-state index contributed by atoms with van der Waals surface area (Å²) in [5.41, 5.74) is -1.65. The van der Waals surface area contributed by atoms with Crippen LogP contribution in [0.5, 0.6) is 0 Å². The first-order valence-corrected chi connectivity index (χ1v) is 14.1. The van der Waals surface area contributed by atoms with E-state index >= 15 is 0 Å². The van der Waals surface area contributed by atoms with Gasteiger partial charge in [-0.3, -0.25) is 4.79 Å². The summed E-state index contributed by atoms with van der Waals surface area (Å²) in [6, 6.07) is 0.896. The number of rotatable bonds is 17. The molecule has 8 heteroatoms. The van der Waals surface area contributed by atoms with Gasteiger partial charge >= 0.3 is 12.1 Å². The number of nitrogens with zero attached hydrogens (tertiary/aromatic N) is 1. The van der Waals surface area contributed by atoms with Crippen LogP contribution < -0.4 is 0 Å². The van der Waals surface area contributed by atoms with Gasteiger partial charge in [-0.15, -0.1) is 0 Å². The molecule has 0 N–H and O–H groups in total. The van der Waals surface area contributed by atoms with Crippen molar-refractivity contribution in [3.05, 3.63) is 35.1 Å². The average Bonchev–Trinajstić information content (AvgIpc) is 3.35. The van der Waals surface area contributed by atoms with Gasteiger partial charge in [-0.05, 0) is 37.5 Å². The summed E-state index contributed by atoms with van der Waals surface area (Å²) in [5.74, 6) is -2.48. The van der Waals surface area contributed by atoms with E-state index in [2.05, 4.69) is 6.92 Å². The molecule has 1 aliphatic rings. The number of alkyl halides is 3. The minimum atomic E-state index is -4.77. The molecule has 0 aliphatic carbocycles. The van der Waals surface area contributed by atoms with Crippen molar-refractivity contribution in [3.8, 4) is 0 Å². The van der Waals surface area contributed by atoms with E-state index in [1.165, 1.54) is 75.5 Å². The van der Waals surface area contributed by atoms with Crippen LogP contribution in [0.25, 0.3) is 0 Å². The number of hydrogen-bond acceptors (Lipinski definition) is 3. The highest BCUT2D eigenvalue weighted by molar-refractivity contribution is 5.97. The third-order valence-electron chi connectivity index (χ3n) is 7.00. The minimum Gasteiger partial charge on any atom is -0.464 e. The Balaban J connectivity index is 1.61. The zero-order valence-electron chi connectivity index (χ0n) is 22.2. The van der Waals surface area contributed by atoms with Crippen molar-refractivity contribution in [3.63, 3.8) is 0 Å². The summed E-state index contributed by atoms with van der Waals surface area (Å²) >= 11 is 0. The quantitative estimate of drug-likeness (QED) is 0.115. The highest BCUT2D eigenvalue weighted by Crippen LogP contribution is 2.31. The van der Waals surface area contributed by atoms with E-state index in [1.54, 1.807) is 0 Å². The Morgan fingerprint density at radius 2 is 1.41 bits per heavy atom. The fourth-order valence-corrected chi connectivity index (χ4v) is 4.86. The summed E-state index contributed by atoms with van der Waals surface area (Å²) in [4.78, 5) is 26.5. The van der Waals surface area contributed by atoms with E-state index in [4.69, 9.17) is 4.74 Å². The molecule has 0 saturated carbocycles. The summed E-state index contributed by atoms with van der Waals surface area (Å²) in [6.45, 7) is 2.71. The van der Waals surface area contributed by atoms with Crippen molar-refractivity contribution < 1.29 is 31.9 Å². The second-order valence-electron chi connectivity index (χ2n) is 10.1. The average molecular weight is 530 g/mol. The number of hydrogen-bond donors (Lipinski definition) is 0. The van der Waals surface area contributed by atoms with Crippen LogP contribution in [0.2, 0.25) is 0 Å². The highest BCUT2D eigenvalue weighted by Gasteiger charge is 2.37. The van der Waals surface area contributed by atoms with E-state index in [9.17, 15) is 27.2 Å². The monoisotopic (exact) mass is 529 g/mol. The van der Waals surface area contributed by atoms with E-state index in [1.807, 2.05) is 0 Å². The lowest BCUT2D eigenvalue weighted by Gasteiger charge is -2.23. The van der Waals surface area contributed by atoms with Gasteiger partial charge in [-0.25, -0.2) is 9.18 Å². The fourth-order valence-electron chi connectivity index (χ4n) is 4.86. The van der Waals surface area contributed by atoms with Gasteiger partial charge in [0, 0.05) is 12.1 Å². The van der Waals surface area contributed by atoms with E-state index in [0.29, 0.717) is 25.0 Å². The molecule has 0 bridgehead atoms. The Labute approximate surface area is 219 Å². The zero-order chi connectivity index (χ0) is 27.1. The Morgan fingerprint density at radius 1 is 0.865 bits per heavy atom. The third-order valence-corrected chi connectivity index (χ3v) is 7.00. The van der Waals surface area contributed by atoms with Crippen LogP contribution in [0.1, 0.15) is 126 Å². The van der Waals surface area contributed by atoms with Gasteiger partial charge in [-0.2, -0.15) is 13.2 Å². The maximum Gasteiger partial charge on any atom is 0.416 e. The molecule has 0 aromatic heterocycles. The number of carbonyl (C=O) groups excluding carboxylic acids is 2. The summed E-state index contributed by atoms with van der Waals surface area (Å²) < 4.78 is 58.1. The van der Waals surface area contributed by atoms with E-state index in [-0.39, 0.29) is 13.2 Å². The SMILES string of the molecule is CCCCCCCCCCCCCCCCOC(=O)C1CCCN1C(=O)c1cc(F)cc(C(F)(F)F)c1. The van der Waals surface area contributed by atoms with Gasteiger partial charge in [0.25, 0.3) is 5.91 Å². The molecule has 1 aromatic rings. The van der Waals surface area contributed by atoms with Crippen LogP contribution in [-0.2, 0) is 15.7 Å². The molecule has 0 spiro atoms. The van der Waals surface area contributed by atoms with Crippen LogP contribution in [0.3, 0.4) is 0 Å². The number of benzene rings is 1. The highest BCUT2D eigenvalue weighted by atomic mass is 19.4. The molecule has 37 heavy (non-hydrogen) atoms. The van der Waals surface area contributed by atoms with Gasteiger partial charge in [0.1, 0.15) is 11.9 Å². The minimum absolute atomic E-state index is 0.218. The number of ether oxygens (including phenoxy) is 1. The first kappa shape index (κ1) is 31.1. The van der Waals surface area contributed by atoms with Gasteiger partial charge in [0.05, 0.1) is 12.2 Å². The van der Waals surface area contributed by atoms with Gasteiger partial charge < -0.3 is 9.64 Å². The lowest BCUT2D eigenvalue weighted by molar-refractivity contribution is -0.148. The fraction of sp³-hybridized carbons (Fsp3) is 0.724. The molecule has 210 valence electrons. The van der Waals surface area contributed by atoms with Crippen molar-refractivity contribution in [1.29, 1.82) is 0 Å². The number of carbonyl (C=O) groups is 2. The molecule has 1 amide bonds. The van der Waals surface area contributed by atoms with Crippen LogP contribution >= 0.6 is 0 Å². The first-order chi connectivity index (χ1) is 17.7. The molecule has 4 nitrogen and oxygen atoms in total. The van der Waals surface area contributed by atoms with Gasteiger partial charge in [-0.1, -0.05) is 90.4 Å². The molecular formula is C29H43F4NO3. The molecule has 1 aromatic carbocycles. The van der Waals surface area contributed by atoms with Gasteiger partial charge in [0.2, 0.25) is 0 Å². The number of amides is 1. The summed E-state index contributed by atoms with van der Waals surface area (Å²) in [5, 5.41) is 0. The number of halogens is 4. The molecule has 1 aliphatic heterocycles. The standard InChI is InChI=1S/C29H43F4NO3/c1-2-3-4-5-6-7-8-9-10-11-12-13-14-15-19-37-28(36)26-17-16-18-34(26)27(35)23-20-24(29(31,32)33)22-25(30)21-23/h20-22,26H,2-19H2,1H3. The number of likely N-dealkylation sites (tertiary alicyclic amines) is 1. The van der Waals surface area contributed by atoms with Gasteiger partial charge in [0.15, 0.2) is 0 Å². The Kier molecular flexibility index (Phi) is 14.0. The Hall–Kier alpha value is -2.12. The third kappa shape index (κ3) is 11.4. The lowest BCUT2D eigenvalue weighted by Crippen LogP contribution is -2.41. The van der Waals surface area contributed by atoms with Crippen molar-refractivity contribution >= 4 is 11.9 Å². The molecule has 1 unspecified atom stereocenters. The van der Waals surface area contributed by atoms with Crippen LogP contribution in [0.4, 0.5) is 17.6 Å². The van der Waals surface area contributed by atoms with Crippen molar-refractivity contribution in [1.82, 2.24) is 4.90 Å². The Morgan fingerprint density at radius 3 is 1.95 bits per heavy atom. The van der Waals surface area contributed by atoms with Crippen LogP contribution in [0.15, 0.2) is 18.2 Å². The number of esters is 1. The van der Waals surface area contributed by atoms with Crippen LogP contribution in [-0.4, -0.2) is 36.0 Å². The molecule has 1 fully saturated rings. The topological polar surface area (TPSA) is 46.6 Å². The molecule has 1 saturated heterocycles. The largest absolute Gasteiger partial charge is 0.464 e. The predicted octanol–water partition coefficient (Wildman–Crippen LogP) is 8.47. The van der Waals surface area contributed by atoms with Crippen molar-refractivity contribution in [2.45, 2.75) is 122 Å². The zero-order valence-corrected chi connectivity index (χ0v) is 22.2. The normalized spacial score (nSPS) is 15.8. The lowest BCUT2D eigenvalue weighted by atomic mass is 10.0. The van der Waals surface area contributed by atoms with Crippen LogP contribution in [0, 0.1) is 5.82 Å². The van der Waals surface area contributed by atoms with E-state index < -0.39 is 41.0 Å². The molecular weight excluding hydrogens is 486 g/mol. The second-order valence-corrected chi connectivity index (χ2v) is 10.1. The van der Waals surface area contributed by atoms with Crippen molar-refractivity contribution in [2.24, 2.45) is 0 Å². The molecule has 0 radical (unpaired) electrons. The maximum atomic E-state index is 13.7. The van der Waals surface area contributed by atoms with Crippen molar-refractivity contribution in [2.75, 3.05) is 13.2 Å². The molecule has 2 rings (SSSR count). The predicted molar refractivity (Wildman–Crippen MR) is 137 cm³/mol. The van der Waals surface area contributed by atoms with E-state index in [0.717, 1.165) is 25.3 Å². The smallest absolute Gasteiger partial charge is 0.416 e. The summed E-state index contributed by atoms with van der Waals surface area (Å²) in [7, 11) is 0. The number of unbranched alkanes of at least 4 members (excludes halogenated alkanes) is 13.